The minimum absolute atomic E-state index is 0.354. The summed E-state index contributed by atoms with van der Waals surface area (Å²) in [6, 6.07) is 12.7. The maximum absolute atomic E-state index is 12.8. The van der Waals surface area contributed by atoms with Crippen molar-refractivity contribution >= 4 is 39.6 Å². The van der Waals surface area contributed by atoms with Crippen LogP contribution in [0.25, 0.3) is 6.08 Å². The van der Waals surface area contributed by atoms with Crippen molar-refractivity contribution in [2.75, 3.05) is 5.32 Å². The van der Waals surface area contributed by atoms with Crippen LogP contribution in [0.2, 0.25) is 0 Å². The highest BCUT2D eigenvalue weighted by Gasteiger charge is 2.16. The van der Waals surface area contributed by atoms with E-state index in [0.29, 0.717) is 11.3 Å². The summed E-state index contributed by atoms with van der Waals surface area (Å²) in [6.07, 6.45) is 1.73. The number of hydrogen-bond acceptors (Lipinski definition) is 3. The van der Waals surface area contributed by atoms with Crippen molar-refractivity contribution in [3.05, 3.63) is 70.5 Å². The summed E-state index contributed by atoms with van der Waals surface area (Å²) in [4.78, 5) is 23.7. The predicted molar refractivity (Wildman–Crippen MR) is 93.8 cm³/mol. The SMILES string of the molecule is C[C@H](OC(=O)/C=C/c1ccc(F)cc1)C(=O)Nc1ccc(Br)cc1. The van der Waals surface area contributed by atoms with Crippen molar-refractivity contribution in [1.29, 1.82) is 0 Å². The second kappa shape index (κ2) is 8.40. The van der Waals surface area contributed by atoms with Gasteiger partial charge in [-0.15, -0.1) is 0 Å². The largest absolute Gasteiger partial charge is 0.449 e. The van der Waals surface area contributed by atoms with Gasteiger partial charge in [-0.3, -0.25) is 4.79 Å². The highest BCUT2D eigenvalue weighted by molar-refractivity contribution is 9.10. The Bertz CT molecular complexity index is 742. The van der Waals surface area contributed by atoms with E-state index in [1.165, 1.54) is 43.3 Å². The number of anilines is 1. The van der Waals surface area contributed by atoms with Crippen molar-refractivity contribution in [1.82, 2.24) is 0 Å². The first kappa shape index (κ1) is 17.9. The molecule has 4 nitrogen and oxygen atoms in total. The van der Waals surface area contributed by atoms with Gasteiger partial charge in [0.05, 0.1) is 0 Å². The van der Waals surface area contributed by atoms with Crippen molar-refractivity contribution in [3.8, 4) is 0 Å². The van der Waals surface area contributed by atoms with Crippen LogP contribution in [0.5, 0.6) is 0 Å². The molecule has 2 aromatic carbocycles. The molecule has 1 atom stereocenters. The predicted octanol–water partition coefficient (Wildman–Crippen LogP) is 4.17. The third-order valence-corrected chi connectivity index (χ3v) is 3.58. The molecule has 0 radical (unpaired) electrons. The van der Waals surface area contributed by atoms with Crippen molar-refractivity contribution in [2.24, 2.45) is 0 Å². The number of benzene rings is 2. The molecule has 0 heterocycles. The molecule has 24 heavy (non-hydrogen) atoms. The Labute approximate surface area is 147 Å². The molecule has 0 aliphatic heterocycles. The molecule has 2 aromatic rings. The van der Waals surface area contributed by atoms with Crippen LogP contribution < -0.4 is 5.32 Å². The molecule has 1 N–H and O–H groups in total. The lowest BCUT2D eigenvalue weighted by atomic mass is 10.2. The van der Waals surface area contributed by atoms with Gasteiger partial charge in [0.15, 0.2) is 6.10 Å². The lowest BCUT2D eigenvalue weighted by molar-refractivity contribution is -0.148. The fourth-order valence-electron chi connectivity index (χ4n) is 1.78. The fraction of sp³-hybridized carbons (Fsp3) is 0.111. The monoisotopic (exact) mass is 391 g/mol. The summed E-state index contributed by atoms with van der Waals surface area (Å²) in [5.74, 6) is -1.44. The van der Waals surface area contributed by atoms with Gasteiger partial charge in [-0.1, -0.05) is 28.1 Å². The zero-order valence-corrected chi connectivity index (χ0v) is 14.4. The first-order valence-electron chi connectivity index (χ1n) is 7.15. The van der Waals surface area contributed by atoms with E-state index in [1.54, 1.807) is 24.3 Å². The second-order valence-corrected chi connectivity index (χ2v) is 5.88. The fourth-order valence-corrected chi connectivity index (χ4v) is 2.05. The van der Waals surface area contributed by atoms with Gasteiger partial charge in [0.1, 0.15) is 5.82 Å². The summed E-state index contributed by atoms with van der Waals surface area (Å²) in [5, 5.41) is 2.65. The van der Waals surface area contributed by atoms with Crippen LogP contribution in [0.4, 0.5) is 10.1 Å². The van der Waals surface area contributed by atoms with E-state index in [0.717, 1.165) is 4.47 Å². The Morgan fingerprint density at radius 1 is 1.12 bits per heavy atom. The Morgan fingerprint density at radius 3 is 2.38 bits per heavy atom. The Morgan fingerprint density at radius 2 is 1.75 bits per heavy atom. The molecular formula is C18H15BrFNO3. The second-order valence-electron chi connectivity index (χ2n) is 4.96. The third kappa shape index (κ3) is 5.62. The highest BCUT2D eigenvalue weighted by atomic mass is 79.9. The number of carbonyl (C=O) groups excluding carboxylic acids is 2. The van der Waals surface area contributed by atoms with Crippen molar-refractivity contribution < 1.29 is 18.7 Å². The number of esters is 1. The normalized spacial score (nSPS) is 12.0. The lowest BCUT2D eigenvalue weighted by Crippen LogP contribution is -2.29. The van der Waals surface area contributed by atoms with E-state index in [-0.39, 0.29) is 5.82 Å². The van der Waals surface area contributed by atoms with Crippen LogP contribution in [0, 0.1) is 5.82 Å². The molecular weight excluding hydrogens is 377 g/mol. The van der Waals surface area contributed by atoms with E-state index >= 15 is 0 Å². The van der Waals surface area contributed by atoms with Crippen LogP contribution in [-0.2, 0) is 14.3 Å². The summed E-state index contributed by atoms with van der Waals surface area (Å²) >= 11 is 3.30. The number of halogens is 2. The molecule has 2 rings (SSSR count). The molecule has 0 bridgehead atoms. The summed E-state index contributed by atoms with van der Waals surface area (Å²) in [7, 11) is 0. The molecule has 0 unspecified atom stereocenters. The van der Waals surface area contributed by atoms with Gasteiger partial charge in [0.25, 0.3) is 5.91 Å². The standard InChI is InChI=1S/C18H15BrFNO3/c1-12(18(23)21-16-9-5-14(19)6-10-16)24-17(22)11-4-13-2-7-15(20)8-3-13/h2-12H,1H3,(H,21,23)/b11-4+/t12-/m0/s1. The molecule has 0 saturated carbocycles. The maximum atomic E-state index is 12.8. The Hall–Kier alpha value is -2.47. The molecule has 0 saturated heterocycles. The third-order valence-electron chi connectivity index (χ3n) is 3.06. The number of nitrogens with one attached hydrogen (secondary N) is 1. The van der Waals surface area contributed by atoms with Gasteiger partial charge in [-0.25, -0.2) is 9.18 Å². The van der Waals surface area contributed by atoms with Crippen LogP contribution in [-0.4, -0.2) is 18.0 Å². The van der Waals surface area contributed by atoms with E-state index in [2.05, 4.69) is 21.2 Å². The first-order valence-corrected chi connectivity index (χ1v) is 7.94. The average molecular weight is 392 g/mol. The summed E-state index contributed by atoms with van der Waals surface area (Å²) in [6.45, 7) is 1.48. The van der Waals surface area contributed by atoms with E-state index in [9.17, 15) is 14.0 Å². The minimum Gasteiger partial charge on any atom is -0.449 e. The van der Waals surface area contributed by atoms with Gasteiger partial charge >= 0.3 is 5.97 Å². The lowest BCUT2D eigenvalue weighted by Gasteiger charge is -2.12. The molecule has 0 aliphatic rings. The molecule has 1 amide bonds. The van der Waals surface area contributed by atoms with Crippen LogP contribution in [0.15, 0.2) is 59.1 Å². The quantitative estimate of drug-likeness (QED) is 0.614. The van der Waals surface area contributed by atoms with Crippen LogP contribution in [0.3, 0.4) is 0 Å². The van der Waals surface area contributed by atoms with E-state index < -0.39 is 18.0 Å². The van der Waals surface area contributed by atoms with Gasteiger partial charge < -0.3 is 10.1 Å². The summed E-state index contributed by atoms with van der Waals surface area (Å²) in [5.41, 5.74) is 1.26. The van der Waals surface area contributed by atoms with E-state index in [1.807, 2.05) is 0 Å². The minimum atomic E-state index is -0.945. The van der Waals surface area contributed by atoms with E-state index in [4.69, 9.17) is 4.74 Å². The maximum Gasteiger partial charge on any atom is 0.331 e. The summed E-state index contributed by atoms with van der Waals surface area (Å²) < 4.78 is 18.7. The van der Waals surface area contributed by atoms with Crippen LogP contribution >= 0.6 is 15.9 Å². The molecule has 0 spiro atoms. The number of amides is 1. The number of hydrogen-bond donors (Lipinski definition) is 1. The Kier molecular flexibility index (Phi) is 6.26. The smallest absolute Gasteiger partial charge is 0.331 e. The molecule has 0 aliphatic carbocycles. The number of carbonyl (C=O) groups is 2. The first-order chi connectivity index (χ1) is 11.4. The van der Waals surface area contributed by atoms with Crippen molar-refractivity contribution in [3.63, 3.8) is 0 Å². The zero-order valence-electron chi connectivity index (χ0n) is 12.8. The molecule has 124 valence electrons. The Balaban J connectivity index is 1.87. The van der Waals surface area contributed by atoms with Gasteiger partial charge in [-0.05, 0) is 55.0 Å². The molecule has 6 heteroatoms. The number of ether oxygens (including phenoxy) is 1. The van der Waals surface area contributed by atoms with Gasteiger partial charge in [-0.2, -0.15) is 0 Å². The molecule has 0 aromatic heterocycles. The van der Waals surface area contributed by atoms with Gasteiger partial charge in [0.2, 0.25) is 0 Å². The molecule has 0 fully saturated rings. The van der Waals surface area contributed by atoms with Crippen LogP contribution in [0.1, 0.15) is 12.5 Å². The topological polar surface area (TPSA) is 55.4 Å². The van der Waals surface area contributed by atoms with Crippen molar-refractivity contribution in [2.45, 2.75) is 13.0 Å². The zero-order chi connectivity index (χ0) is 17.5. The number of rotatable bonds is 5. The van der Waals surface area contributed by atoms with Gasteiger partial charge in [0, 0.05) is 16.2 Å². The highest BCUT2D eigenvalue weighted by Crippen LogP contribution is 2.14. The average Bonchev–Trinajstić information content (AvgIpc) is 2.56.